The highest BCUT2D eigenvalue weighted by Crippen LogP contribution is 2.12. The van der Waals surface area contributed by atoms with Crippen LogP contribution in [0.2, 0.25) is 0 Å². The lowest BCUT2D eigenvalue weighted by Crippen LogP contribution is -2.61. The SMILES string of the molecule is CC(C)[C@H](NC(=O)[C@H](CCCN=C(N)N)NC(=O)[C@H](CCCN=C(N)N)NC(=O)[C@@H](N)CCCN=C(N)N)C(=O)N[C@H](C(=O)N[C@@H](CCCN=C(N)N)C(=O)N[C@@H](CCCN=C(N)N)C(=O)N[C@@H](CCCN=C(N)N)C(=O)O)C(C)C. The summed E-state index contributed by atoms with van der Waals surface area (Å²) in [7, 11) is 0. The predicted molar refractivity (Wildman–Crippen MR) is 308 cm³/mol. The molecule has 0 bridgehead atoms. The van der Waals surface area contributed by atoms with Gasteiger partial charge in [0, 0.05) is 39.3 Å². The Kier molecular flexibility index (Phi) is 35.4. The molecule has 0 heterocycles. The Morgan fingerprint density at radius 2 is 0.531 bits per heavy atom. The maximum Gasteiger partial charge on any atom is 0.326 e. The van der Waals surface area contributed by atoms with Crippen molar-refractivity contribution in [3.8, 4) is 0 Å². The fourth-order valence-corrected chi connectivity index (χ4v) is 7.42. The Hall–Kier alpha value is -8.66. The third-order valence-electron chi connectivity index (χ3n) is 11.7. The van der Waals surface area contributed by atoms with Crippen LogP contribution in [0.15, 0.2) is 30.0 Å². The Balaban J connectivity index is 6.89. The highest BCUT2D eigenvalue weighted by Gasteiger charge is 2.36. The molecule has 0 spiro atoms. The fourth-order valence-electron chi connectivity index (χ4n) is 7.42. The van der Waals surface area contributed by atoms with Gasteiger partial charge in [0.05, 0.1) is 6.04 Å². The average Bonchev–Trinajstić information content (AvgIpc) is 3.36. The van der Waals surface area contributed by atoms with Crippen molar-refractivity contribution in [2.45, 2.75) is 153 Å². The monoisotopic (exact) mass is 1150 g/mol. The minimum Gasteiger partial charge on any atom is -0.480 e. The number of hydrogen-bond donors (Lipinski definition) is 21. The van der Waals surface area contributed by atoms with E-state index < -0.39 is 107 Å². The lowest BCUT2D eigenvalue weighted by molar-refractivity contribution is -0.142. The van der Waals surface area contributed by atoms with Crippen LogP contribution >= 0.6 is 0 Å². The minimum atomic E-state index is -1.41. The molecule has 35 nitrogen and oxygen atoms in total. The van der Waals surface area contributed by atoms with Crippen LogP contribution in [0.3, 0.4) is 0 Å². The molecule has 0 fully saturated rings. The minimum absolute atomic E-state index is 0.000644. The lowest BCUT2D eigenvalue weighted by Gasteiger charge is -2.30. The summed E-state index contributed by atoms with van der Waals surface area (Å²) in [6.07, 6.45) is 0.959. The van der Waals surface area contributed by atoms with E-state index in [0.717, 1.165) is 0 Å². The molecule has 0 radical (unpaired) electrons. The maximum absolute atomic E-state index is 14.3. The molecule has 0 saturated heterocycles. The van der Waals surface area contributed by atoms with Gasteiger partial charge in [-0.1, -0.05) is 27.7 Å². The number of carboxylic acids is 1. The number of aliphatic imine (C=N–C) groups is 6. The highest BCUT2D eigenvalue weighted by molar-refractivity contribution is 5.98. The number of nitrogens with zero attached hydrogens (tertiary/aromatic N) is 6. The molecule has 7 amide bonds. The lowest BCUT2D eigenvalue weighted by atomic mass is 9.98. The van der Waals surface area contributed by atoms with E-state index in [1.807, 2.05) is 0 Å². The molecule has 0 aliphatic heterocycles. The number of carbonyl (C=O) groups excluding carboxylic acids is 7. The Morgan fingerprint density at radius 1 is 0.321 bits per heavy atom. The molecule has 8 atom stereocenters. The molecule has 0 unspecified atom stereocenters. The quantitative estimate of drug-likeness (QED) is 0.0154. The van der Waals surface area contributed by atoms with Crippen LogP contribution < -0.4 is 112 Å². The van der Waals surface area contributed by atoms with E-state index in [1.54, 1.807) is 27.7 Å². The first kappa shape index (κ1) is 72.3. The van der Waals surface area contributed by atoms with Crippen LogP contribution in [-0.4, -0.2) is 176 Å². The summed E-state index contributed by atoms with van der Waals surface area (Å²) in [4.78, 5) is 134. The van der Waals surface area contributed by atoms with Gasteiger partial charge in [0.25, 0.3) is 0 Å². The molecule has 0 aliphatic rings. The molecule has 81 heavy (non-hydrogen) atoms. The number of aliphatic carboxylic acids is 1. The van der Waals surface area contributed by atoms with Gasteiger partial charge in [-0.2, -0.15) is 0 Å². The molecule has 0 rings (SSSR count). The van der Waals surface area contributed by atoms with Gasteiger partial charge < -0.3 is 117 Å². The molecule has 0 aromatic carbocycles. The van der Waals surface area contributed by atoms with Gasteiger partial charge in [-0.3, -0.25) is 63.5 Å². The van der Waals surface area contributed by atoms with E-state index in [1.165, 1.54) is 0 Å². The summed E-state index contributed by atoms with van der Waals surface area (Å²) in [5.74, 6) is -9.61. The molecule has 35 heteroatoms. The average molecular weight is 1150 g/mol. The summed E-state index contributed by atoms with van der Waals surface area (Å²) >= 11 is 0. The van der Waals surface area contributed by atoms with Gasteiger partial charge in [-0.25, -0.2) is 4.79 Å². The first-order chi connectivity index (χ1) is 38.0. The standard InChI is InChI=1S/C46H92N26O9/c1-23(2)31(38(78)69-28(14-8-20-63-44(54)55)35(75)67-27(13-7-19-62-43(52)53)36(76)70-30(40(80)81)16-10-22-65-46(58)59)72-39(79)32(24(3)4)71-37(77)29(15-9-21-64-45(56)57)68-34(74)26(12-6-18-61-42(50)51)66-33(73)25(47)11-5-17-60-41(48)49/h23-32H,5-22,47H2,1-4H3,(H,66,73)(H,67,75)(H,68,74)(H,69,78)(H,70,76)(H,71,77)(H,72,79)(H,80,81)(H4,48,49,60)(H4,50,51,61)(H4,52,53,62)(H4,54,55,63)(H4,56,57,64)(H4,58,59,65)/t25-,26-,27-,28-,29-,30-,31-,32-/m0/s1. The van der Waals surface area contributed by atoms with E-state index in [-0.39, 0.29) is 146 Å². The maximum atomic E-state index is 14.3. The van der Waals surface area contributed by atoms with Crippen LogP contribution in [-0.2, 0) is 38.4 Å². The zero-order valence-corrected chi connectivity index (χ0v) is 46.9. The van der Waals surface area contributed by atoms with E-state index in [4.69, 9.17) is 74.5 Å². The summed E-state index contributed by atoms with van der Waals surface area (Å²) in [5.41, 5.74) is 71.6. The van der Waals surface area contributed by atoms with Crippen LogP contribution in [0, 0.1) is 11.8 Å². The van der Waals surface area contributed by atoms with Crippen LogP contribution in [0.4, 0.5) is 0 Å². The molecule has 0 aromatic heterocycles. The fraction of sp³-hybridized carbons (Fsp3) is 0.696. The first-order valence-electron chi connectivity index (χ1n) is 26.4. The Morgan fingerprint density at radius 3 is 0.802 bits per heavy atom. The van der Waals surface area contributed by atoms with Crippen molar-refractivity contribution in [1.82, 2.24) is 37.2 Å². The van der Waals surface area contributed by atoms with Crippen molar-refractivity contribution in [3.63, 3.8) is 0 Å². The molecule has 460 valence electrons. The zero-order valence-electron chi connectivity index (χ0n) is 46.9. The number of carboxylic acid groups (broad SMARTS) is 1. The Bertz CT molecular complexity index is 2200. The number of nitrogens with one attached hydrogen (secondary N) is 7. The second kappa shape index (κ2) is 39.7. The number of carbonyl (C=O) groups is 8. The predicted octanol–water partition coefficient (Wildman–Crippen LogP) is -8.57. The van der Waals surface area contributed by atoms with E-state index in [9.17, 15) is 43.5 Å². The van der Waals surface area contributed by atoms with Gasteiger partial charge in [-0.15, -0.1) is 0 Å². The van der Waals surface area contributed by atoms with Crippen LogP contribution in [0.1, 0.15) is 105 Å². The van der Waals surface area contributed by atoms with Crippen molar-refractivity contribution < 1.29 is 43.5 Å². The van der Waals surface area contributed by atoms with Gasteiger partial charge >= 0.3 is 5.97 Å². The first-order valence-corrected chi connectivity index (χ1v) is 26.4. The van der Waals surface area contributed by atoms with E-state index in [2.05, 4.69) is 67.2 Å². The van der Waals surface area contributed by atoms with Crippen LogP contribution in [0.25, 0.3) is 0 Å². The van der Waals surface area contributed by atoms with Gasteiger partial charge in [0.15, 0.2) is 35.8 Å². The highest BCUT2D eigenvalue weighted by atomic mass is 16.4. The number of amides is 7. The Labute approximate surface area is 471 Å². The topological polar surface area (TPSA) is 653 Å². The summed E-state index contributed by atoms with van der Waals surface area (Å²) in [6, 6.07) is -10.6. The smallest absolute Gasteiger partial charge is 0.326 e. The summed E-state index contributed by atoms with van der Waals surface area (Å²) in [6.45, 7) is 6.94. The molecule has 34 N–H and O–H groups in total. The normalized spacial score (nSPS) is 13.8. The largest absolute Gasteiger partial charge is 0.480 e. The third kappa shape index (κ3) is 33.4. The van der Waals surface area contributed by atoms with Gasteiger partial charge in [0.1, 0.15) is 42.3 Å². The van der Waals surface area contributed by atoms with Crippen molar-refractivity contribution in [1.29, 1.82) is 0 Å². The molecular formula is C46H92N26O9. The van der Waals surface area contributed by atoms with Crippen molar-refractivity contribution in [3.05, 3.63) is 0 Å². The number of nitrogens with two attached hydrogens (primary N) is 13. The third-order valence-corrected chi connectivity index (χ3v) is 11.7. The van der Waals surface area contributed by atoms with E-state index in [0.29, 0.717) is 6.42 Å². The second-order valence-corrected chi connectivity index (χ2v) is 19.4. The van der Waals surface area contributed by atoms with Gasteiger partial charge in [-0.05, 0) is 88.9 Å². The molecule has 0 aromatic rings. The number of guanidine groups is 6. The summed E-state index contributed by atoms with van der Waals surface area (Å²) < 4.78 is 0. The number of hydrogen-bond acceptors (Lipinski definition) is 15. The van der Waals surface area contributed by atoms with Crippen LogP contribution in [0.5, 0.6) is 0 Å². The molecule has 0 aliphatic carbocycles. The second-order valence-electron chi connectivity index (χ2n) is 19.4. The van der Waals surface area contributed by atoms with Crippen molar-refractivity contribution in [2.75, 3.05) is 39.3 Å². The van der Waals surface area contributed by atoms with Crippen molar-refractivity contribution >= 4 is 83.1 Å². The van der Waals surface area contributed by atoms with Gasteiger partial charge in [0.2, 0.25) is 41.4 Å². The zero-order chi connectivity index (χ0) is 61.8. The number of rotatable bonds is 41. The molecular weight excluding hydrogens is 1060 g/mol. The van der Waals surface area contributed by atoms with E-state index >= 15 is 0 Å². The van der Waals surface area contributed by atoms with Crippen molar-refractivity contribution in [2.24, 2.45) is 116 Å². The molecule has 0 saturated carbocycles. The summed E-state index contributed by atoms with van der Waals surface area (Å²) in [5, 5.41) is 28.3.